The molecule has 2 heterocycles. The predicted molar refractivity (Wildman–Crippen MR) is 106 cm³/mol. The van der Waals surface area contributed by atoms with Crippen LogP contribution in [-0.2, 0) is 6.54 Å². The lowest BCUT2D eigenvalue weighted by Gasteiger charge is -2.12. The number of urea groups is 1. The van der Waals surface area contributed by atoms with Crippen molar-refractivity contribution in [1.82, 2.24) is 10.3 Å². The first-order valence-corrected chi connectivity index (χ1v) is 9.57. The molecular formula is C18H19N3O3S2. The van der Waals surface area contributed by atoms with Gasteiger partial charge in [-0.2, -0.15) is 0 Å². The van der Waals surface area contributed by atoms with Gasteiger partial charge in [-0.3, -0.25) is 0 Å². The van der Waals surface area contributed by atoms with Crippen molar-refractivity contribution in [3.8, 4) is 21.4 Å². The Bertz CT molecular complexity index is 891. The number of benzene rings is 1. The summed E-state index contributed by atoms with van der Waals surface area (Å²) in [5.41, 5.74) is 1.51. The van der Waals surface area contributed by atoms with Gasteiger partial charge in [0.05, 0.1) is 37.0 Å². The lowest BCUT2D eigenvalue weighted by Crippen LogP contribution is -2.28. The van der Waals surface area contributed by atoms with Gasteiger partial charge in [0.15, 0.2) is 0 Å². The maximum absolute atomic E-state index is 12.2. The quantitative estimate of drug-likeness (QED) is 0.650. The molecule has 0 spiro atoms. The molecule has 0 saturated heterocycles. The lowest BCUT2D eigenvalue weighted by atomic mass is 10.2. The third-order valence-corrected chi connectivity index (χ3v) is 5.89. The summed E-state index contributed by atoms with van der Waals surface area (Å²) in [7, 11) is 3.13. The van der Waals surface area contributed by atoms with E-state index in [2.05, 4.69) is 15.6 Å². The van der Waals surface area contributed by atoms with Gasteiger partial charge >= 0.3 is 6.03 Å². The van der Waals surface area contributed by atoms with Crippen LogP contribution in [0.15, 0.2) is 35.7 Å². The number of nitrogens with zero attached hydrogens (tertiary/aromatic N) is 1. The molecule has 0 saturated carbocycles. The Labute approximate surface area is 159 Å². The third-order valence-electron chi connectivity index (χ3n) is 3.69. The predicted octanol–water partition coefficient (Wildman–Crippen LogP) is 4.52. The normalized spacial score (nSPS) is 10.4. The Morgan fingerprint density at radius 2 is 2.08 bits per heavy atom. The van der Waals surface area contributed by atoms with Crippen LogP contribution in [0.5, 0.6) is 11.5 Å². The van der Waals surface area contributed by atoms with Gasteiger partial charge in [0, 0.05) is 10.9 Å². The molecule has 2 N–H and O–H groups in total. The van der Waals surface area contributed by atoms with Crippen LogP contribution in [0.25, 0.3) is 9.88 Å². The number of aromatic nitrogens is 1. The Hall–Kier alpha value is -2.58. The van der Waals surface area contributed by atoms with Gasteiger partial charge in [0.2, 0.25) is 0 Å². The first kappa shape index (κ1) is 18.2. The fourth-order valence-electron chi connectivity index (χ4n) is 2.33. The van der Waals surface area contributed by atoms with Crippen molar-refractivity contribution in [2.45, 2.75) is 13.5 Å². The molecule has 0 aliphatic rings. The average Bonchev–Trinajstić information content (AvgIpc) is 3.30. The number of rotatable bonds is 6. The number of amides is 2. The molecule has 0 aliphatic heterocycles. The molecule has 0 unspecified atom stereocenters. The molecule has 6 nitrogen and oxygen atoms in total. The van der Waals surface area contributed by atoms with Gasteiger partial charge in [-0.1, -0.05) is 6.07 Å². The maximum Gasteiger partial charge on any atom is 0.319 e. The van der Waals surface area contributed by atoms with Gasteiger partial charge in [0.25, 0.3) is 0 Å². The Balaban J connectivity index is 1.63. The van der Waals surface area contributed by atoms with Gasteiger partial charge in [-0.05, 0) is 30.5 Å². The van der Waals surface area contributed by atoms with Crippen LogP contribution in [-0.4, -0.2) is 25.2 Å². The number of thiophene rings is 1. The van der Waals surface area contributed by atoms with Crippen LogP contribution >= 0.6 is 22.7 Å². The summed E-state index contributed by atoms with van der Waals surface area (Å²) in [6, 6.07) is 8.96. The van der Waals surface area contributed by atoms with Crippen LogP contribution < -0.4 is 20.1 Å². The summed E-state index contributed by atoms with van der Waals surface area (Å²) in [5, 5.41) is 8.66. The number of methoxy groups -OCH3 is 2. The first-order valence-electron chi connectivity index (χ1n) is 7.87. The second-order valence-corrected chi connectivity index (χ2v) is 7.41. The van der Waals surface area contributed by atoms with Crippen molar-refractivity contribution in [2.24, 2.45) is 0 Å². The minimum Gasteiger partial charge on any atom is -0.497 e. The number of carbonyl (C=O) groups excluding carboxylic acids is 1. The summed E-state index contributed by atoms with van der Waals surface area (Å²) < 4.78 is 10.4. The van der Waals surface area contributed by atoms with Crippen molar-refractivity contribution in [3.63, 3.8) is 0 Å². The largest absolute Gasteiger partial charge is 0.497 e. The van der Waals surface area contributed by atoms with E-state index in [0.29, 0.717) is 23.7 Å². The number of aryl methyl sites for hydroxylation is 1. The van der Waals surface area contributed by atoms with E-state index in [-0.39, 0.29) is 6.03 Å². The van der Waals surface area contributed by atoms with E-state index < -0.39 is 0 Å². The van der Waals surface area contributed by atoms with E-state index in [0.717, 1.165) is 20.5 Å². The molecule has 2 aromatic heterocycles. The second-order valence-electron chi connectivity index (χ2n) is 5.38. The summed E-state index contributed by atoms with van der Waals surface area (Å²) >= 11 is 3.25. The number of nitrogens with one attached hydrogen (secondary N) is 2. The summed E-state index contributed by atoms with van der Waals surface area (Å²) in [6.45, 7) is 2.37. The molecule has 0 radical (unpaired) electrons. The van der Waals surface area contributed by atoms with Crippen LogP contribution in [0, 0.1) is 6.92 Å². The fraction of sp³-hybridized carbons (Fsp3) is 0.222. The molecule has 3 rings (SSSR count). The number of hydrogen-bond acceptors (Lipinski definition) is 6. The van der Waals surface area contributed by atoms with Crippen LogP contribution in [0.2, 0.25) is 0 Å². The lowest BCUT2D eigenvalue weighted by molar-refractivity contribution is 0.251. The van der Waals surface area contributed by atoms with E-state index in [1.54, 1.807) is 55.1 Å². The molecule has 26 heavy (non-hydrogen) atoms. The number of anilines is 1. The molecule has 1 aromatic carbocycles. The summed E-state index contributed by atoms with van der Waals surface area (Å²) in [4.78, 5) is 19.0. The van der Waals surface area contributed by atoms with E-state index in [1.165, 1.54) is 0 Å². The molecular weight excluding hydrogens is 370 g/mol. The standard InChI is InChI=1S/C18H19N3O3S2/c1-11-16(26-17(20-11)15-5-4-8-25-15)10-19-18(22)21-13-7-6-12(23-2)9-14(13)24-3/h4-9H,10H2,1-3H3,(H2,19,21,22). The summed E-state index contributed by atoms with van der Waals surface area (Å²) in [5.74, 6) is 1.20. The molecule has 0 aliphatic carbocycles. The van der Waals surface area contributed by atoms with Crippen molar-refractivity contribution in [2.75, 3.05) is 19.5 Å². The zero-order valence-electron chi connectivity index (χ0n) is 14.7. The number of ether oxygens (including phenoxy) is 2. The van der Waals surface area contributed by atoms with Crippen LogP contribution in [0.4, 0.5) is 10.5 Å². The number of hydrogen-bond donors (Lipinski definition) is 2. The molecule has 0 bridgehead atoms. The highest BCUT2D eigenvalue weighted by Crippen LogP contribution is 2.31. The molecule has 0 fully saturated rings. The fourth-order valence-corrected chi connectivity index (χ4v) is 4.13. The van der Waals surface area contributed by atoms with Gasteiger partial charge in [-0.25, -0.2) is 9.78 Å². The van der Waals surface area contributed by atoms with E-state index in [1.807, 2.05) is 24.4 Å². The van der Waals surface area contributed by atoms with Gasteiger partial charge in [-0.15, -0.1) is 22.7 Å². The topological polar surface area (TPSA) is 72.5 Å². The maximum atomic E-state index is 12.2. The SMILES string of the molecule is COc1ccc(NC(=O)NCc2sc(-c3cccs3)nc2C)c(OC)c1. The number of carbonyl (C=O) groups is 1. The van der Waals surface area contributed by atoms with Crippen molar-refractivity contribution in [1.29, 1.82) is 0 Å². The second kappa shape index (κ2) is 8.20. The highest BCUT2D eigenvalue weighted by Gasteiger charge is 2.12. The summed E-state index contributed by atoms with van der Waals surface area (Å²) in [6.07, 6.45) is 0. The Kier molecular flexibility index (Phi) is 5.75. The molecule has 8 heteroatoms. The molecule has 3 aromatic rings. The minimum absolute atomic E-state index is 0.307. The molecule has 0 atom stereocenters. The van der Waals surface area contributed by atoms with Crippen LogP contribution in [0.1, 0.15) is 10.6 Å². The van der Waals surface area contributed by atoms with Crippen LogP contribution in [0.3, 0.4) is 0 Å². The van der Waals surface area contributed by atoms with E-state index in [4.69, 9.17) is 9.47 Å². The highest BCUT2D eigenvalue weighted by molar-refractivity contribution is 7.21. The average molecular weight is 390 g/mol. The van der Waals surface area contributed by atoms with Gasteiger partial charge < -0.3 is 20.1 Å². The van der Waals surface area contributed by atoms with E-state index >= 15 is 0 Å². The third kappa shape index (κ3) is 4.14. The minimum atomic E-state index is -0.307. The Morgan fingerprint density at radius 1 is 1.23 bits per heavy atom. The van der Waals surface area contributed by atoms with Crippen molar-refractivity contribution < 1.29 is 14.3 Å². The molecule has 136 valence electrons. The zero-order chi connectivity index (χ0) is 18.5. The number of thiazole rings is 1. The first-order chi connectivity index (χ1) is 12.6. The van der Waals surface area contributed by atoms with Gasteiger partial charge in [0.1, 0.15) is 16.5 Å². The monoisotopic (exact) mass is 389 g/mol. The van der Waals surface area contributed by atoms with Crippen molar-refractivity contribution in [3.05, 3.63) is 46.3 Å². The highest BCUT2D eigenvalue weighted by atomic mass is 32.1. The van der Waals surface area contributed by atoms with Crippen molar-refractivity contribution >= 4 is 34.4 Å². The zero-order valence-corrected chi connectivity index (χ0v) is 16.3. The smallest absolute Gasteiger partial charge is 0.319 e. The van der Waals surface area contributed by atoms with E-state index in [9.17, 15) is 4.79 Å². The molecule has 2 amide bonds. The Morgan fingerprint density at radius 3 is 2.77 bits per heavy atom.